The van der Waals surface area contributed by atoms with E-state index in [0.29, 0.717) is 19.3 Å². The van der Waals surface area contributed by atoms with Crippen molar-refractivity contribution in [3.05, 3.63) is 0 Å². The van der Waals surface area contributed by atoms with Crippen LogP contribution in [0.15, 0.2) is 0 Å². The van der Waals surface area contributed by atoms with Crippen LogP contribution in [0.4, 0.5) is 17.6 Å². The quantitative estimate of drug-likeness (QED) is 0.471. The molecule has 0 heterocycles. The molecule has 0 aromatic heterocycles. The number of nitrogens with one attached hydrogen (secondary N) is 1. The van der Waals surface area contributed by atoms with E-state index in [4.69, 9.17) is 5.84 Å². The van der Waals surface area contributed by atoms with Crippen LogP contribution in [0.2, 0.25) is 0 Å². The third-order valence-corrected chi connectivity index (χ3v) is 4.55. The Kier molecular flexibility index (Phi) is 4.40. The molecule has 2 fully saturated rings. The fraction of sp³-hybridized carbons (Fsp3) is 1.00. The molecule has 0 aliphatic heterocycles. The second-order valence-corrected chi connectivity index (χ2v) is 6.19. The van der Waals surface area contributed by atoms with Gasteiger partial charge in [0.05, 0.1) is 0 Å². The smallest absolute Gasteiger partial charge is 0.248 e. The number of hydrogen-bond donors (Lipinski definition) is 2. The Morgan fingerprint density at radius 1 is 1.05 bits per heavy atom. The van der Waals surface area contributed by atoms with E-state index in [1.165, 1.54) is 0 Å². The predicted octanol–water partition coefficient (Wildman–Crippen LogP) is 3.47. The van der Waals surface area contributed by atoms with Crippen molar-refractivity contribution in [2.24, 2.45) is 17.7 Å². The lowest BCUT2D eigenvalue weighted by Gasteiger charge is -2.33. The zero-order chi connectivity index (χ0) is 14.1. The summed E-state index contributed by atoms with van der Waals surface area (Å²) in [6.45, 7) is 0. The molecule has 0 amide bonds. The number of rotatable bonds is 4. The summed E-state index contributed by atoms with van der Waals surface area (Å²) in [6, 6.07) is -0.271. The highest BCUT2D eigenvalue weighted by atomic mass is 19.3. The molecule has 2 aliphatic rings. The van der Waals surface area contributed by atoms with Crippen LogP contribution in [-0.4, -0.2) is 17.9 Å². The first-order valence-electron chi connectivity index (χ1n) is 7.03. The zero-order valence-corrected chi connectivity index (χ0v) is 11.0. The Balaban J connectivity index is 1.89. The molecule has 0 saturated heterocycles. The van der Waals surface area contributed by atoms with Crippen molar-refractivity contribution in [3.8, 4) is 0 Å². The van der Waals surface area contributed by atoms with E-state index in [-0.39, 0.29) is 43.6 Å². The highest BCUT2D eigenvalue weighted by Crippen LogP contribution is 2.43. The zero-order valence-electron chi connectivity index (χ0n) is 11.0. The number of hydrazine groups is 1. The van der Waals surface area contributed by atoms with Crippen LogP contribution in [0.5, 0.6) is 0 Å². The summed E-state index contributed by atoms with van der Waals surface area (Å²) in [7, 11) is 0. The van der Waals surface area contributed by atoms with E-state index in [1.807, 2.05) is 0 Å². The van der Waals surface area contributed by atoms with Crippen LogP contribution in [0.1, 0.15) is 51.4 Å². The Hall–Kier alpha value is -0.360. The van der Waals surface area contributed by atoms with E-state index >= 15 is 0 Å². The van der Waals surface area contributed by atoms with Crippen LogP contribution in [0.25, 0.3) is 0 Å². The first-order chi connectivity index (χ1) is 8.81. The van der Waals surface area contributed by atoms with Crippen molar-refractivity contribution in [2.45, 2.75) is 69.3 Å². The van der Waals surface area contributed by atoms with Crippen molar-refractivity contribution in [1.82, 2.24) is 5.43 Å². The van der Waals surface area contributed by atoms with Gasteiger partial charge in [0.2, 0.25) is 11.8 Å². The standard InChI is InChI=1S/C13H22F4N2/c14-12(15)4-1-2-9(7-12)6-11(19-18)10-3-5-13(16,17)8-10/h9-11,19H,1-8,18H2. The molecule has 3 N–H and O–H groups in total. The molecular formula is C13H22F4N2. The number of alkyl halides is 4. The lowest BCUT2D eigenvalue weighted by Crippen LogP contribution is -2.43. The molecule has 0 bridgehead atoms. The van der Waals surface area contributed by atoms with Gasteiger partial charge >= 0.3 is 0 Å². The largest absolute Gasteiger partial charge is 0.271 e. The summed E-state index contributed by atoms with van der Waals surface area (Å²) in [5.74, 6) is -0.0774. The minimum Gasteiger partial charge on any atom is -0.271 e. The van der Waals surface area contributed by atoms with Crippen LogP contribution in [0, 0.1) is 11.8 Å². The molecule has 2 aliphatic carbocycles. The maximum atomic E-state index is 13.3. The van der Waals surface area contributed by atoms with Gasteiger partial charge in [-0.15, -0.1) is 0 Å². The van der Waals surface area contributed by atoms with Gasteiger partial charge in [-0.2, -0.15) is 0 Å². The summed E-state index contributed by atoms with van der Waals surface area (Å²) in [5.41, 5.74) is 2.58. The molecule has 19 heavy (non-hydrogen) atoms. The third kappa shape index (κ3) is 4.05. The van der Waals surface area contributed by atoms with Gasteiger partial charge in [0, 0.05) is 31.7 Å². The molecule has 0 aromatic rings. The number of hydrogen-bond acceptors (Lipinski definition) is 2. The monoisotopic (exact) mass is 282 g/mol. The maximum absolute atomic E-state index is 13.3. The topological polar surface area (TPSA) is 38.0 Å². The molecule has 0 radical (unpaired) electrons. The van der Waals surface area contributed by atoms with Crippen LogP contribution in [-0.2, 0) is 0 Å². The van der Waals surface area contributed by atoms with Crippen molar-refractivity contribution in [2.75, 3.05) is 0 Å². The van der Waals surface area contributed by atoms with Crippen molar-refractivity contribution in [3.63, 3.8) is 0 Å². The van der Waals surface area contributed by atoms with E-state index in [2.05, 4.69) is 5.43 Å². The number of halogens is 4. The van der Waals surface area contributed by atoms with Crippen molar-refractivity contribution < 1.29 is 17.6 Å². The number of nitrogens with two attached hydrogens (primary N) is 1. The highest BCUT2D eigenvalue weighted by Gasteiger charge is 2.44. The molecule has 3 unspecified atom stereocenters. The minimum absolute atomic E-state index is 0.0499. The van der Waals surface area contributed by atoms with Gasteiger partial charge in [-0.3, -0.25) is 11.3 Å². The van der Waals surface area contributed by atoms with Gasteiger partial charge in [-0.1, -0.05) is 0 Å². The Morgan fingerprint density at radius 2 is 1.74 bits per heavy atom. The van der Waals surface area contributed by atoms with Crippen molar-refractivity contribution >= 4 is 0 Å². The van der Waals surface area contributed by atoms with Gasteiger partial charge in [0.1, 0.15) is 0 Å². The van der Waals surface area contributed by atoms with Gasteiger partial charge < -0.3 is 0 Å². The van der Waals surface area contributed by atoms with Crippen LogP contribution >= 0.6 is 0 Å². The second kappa shape index (κ2) is 5.56. The summed E-state index contributed by atoms with van der Waals surface area (Å²) in [6.07, 6.45) is 1.69. The summed E-state index contributed by atoms with van der Waals surface area (Å²) in [5, 5.41) is 0. The lowest BCUT2D eigenvalue weighted by molar-refractivity contribution is -0.0561. The summed E-state index contributed by atoms with van der Waals surface area (Å²) < 4.78 is 53.1. The Bertz CT molecular complexity index is 309. The summed E-state index contributed by atoms with van der Waals surface area (Å²) in [4.78, 5) is 0. The fourth-order valence-electron chi connectivity index (χ4n) is 3.56. The SMILES string of the molecule is NNC(CC1CCCC(F)(F)C1)C1CCC(F)(F)C1. The summed E-state index contributed by atoms with van der Waals surface area (Å²) >= 11 is 0. The third-order valence-electron chi connectivity index (χ3n) is 4.55. The molecule has 0 aromatic carbocycles. The predicted molar refractivity (Wildman–Crippen MR) is 64.9 cm³/mol. The van der Waals surface area contributed by atoms with Crippen LogP contribution in [0.3, 0.4) is 0 Å². The van der Waals surface area contributed by atoms with E-state index in [9.17, 15) is 17.6 Å². The van der Waals surface area contributed by atoms with Gasteiger partial charge in [0.25, 0.3) is 0 Å². The van der Waals surface area contributed by atoms with Crippen molar-refractivity contribution in [1.29, 1.82) is 0 Å². The van der Waals surface area contributed by atoms with Gasteiger partial charge in [-0.25, -0.2) is 17.6 Å². The first-order valence-corrected chi connectivity index (χ1v) is 7.03. The molecule has 112 valence electrons. The van der Waals surface area contributed by atoms with Crippen LogP contribution < -0.4 is 11.3 Å². The molecule has 6 heteroatoms. The van der Waals surface area contributed by atoms with Gasteiger partial charge in [-0.05, 0) is 37.5 Å². The van der Waals surface area contributed by atoms with E-state index < -0.39 is 11.8 Å². The fourth-order valence-corrected chi connectivity index (χ4v) is 3.56. The molecular weight excluding hydrogens is 260 g/mol. The lowest BCUT2D eigenvalue weighted by atomic mass is 9.80. The molecule has 3 atom stereocenters. The average molecular weight is 282 g/mol. The van der Waals surface area contributed by atoms with E-state index in [0.717, 1.165) is 6.42 Å². The average Bonchev–Trinajstić information content (AvgIpc) is 2.65. The van der Waals surface area contributed by atoms with Gasteiger partial charge in [0.15, 0.2) is 0 Å². The second-order valence-electron chi connectivity index (χ2n) is 6.19. The highest BCUT2D eigenvalue weighted by molar-refractivity contribution is 4.90. The van der Waals surface area contributed by atoms with E-state index in [1.54, 1.807) is 0 Å². The normalized spacial score (nSPS) is 35.2. The minimum atomic E-state index is -2.61. The Labute approximate surface area is 111 Å². The molecule has 2 rings (SSSR count). The molecule has 2 saturated carbocycles. The molecule has 2 nitrogen and oxygen atoms in total. The first kappa shape index (κ1) is 15.0. The molecule has 0 spiro atoms. The maximum Gasteiger partial charge on any atom is 0.248 e. The Morgan fingerprint density at radius 3 is 2.26 bits per heavy atom.